The number of aliphatic hydroxyl groups is 1. The van der Waals surface area contributed by atoms with Crippen LogP contribution in [0.5, 0.6) is 0 Å². The Kier molecular flexibility index (Phi) is 4.63. The van der Waals surface area contributed by atoms with Crippen LogP contribution in [0.15, 0.2) is 42.5 Å². The van der Waals surface area contributed by atoms with Crippen LogP contribution in [0.25, 0.3) is 10.8 Å². The first-order chi connectivity index (χ1) is 9.93. The molecule has 2 aromatic rings. The number of rotatable bonds is 4. The van der Waals surface area contributed by atoms with E-state index in [9.17, 15) is 9.90 Å². The number of nitrogens with one attached hydrogen (secondary N) is 1. The molecular weight excluding hydrogens is 262 g/mol. The number of benzene rings is 2. The molecule has 0 fully saturated rings. The highest BCUT2D eigenvalue weighted by Crippen LogP contribution is 2.23. The monoisotopic (exact) mass is 285 g/mol. The molecule has 2 rings (SSSR count). The predicted octanol–water partition coefficient (Wildman–Crippen LogP) is 3.37. The van der Waals surface area contributed by atoms with Crippen molar-refractivity contribution >= 4 is 16.7 Å². The standard InChI is InChI=1S/C18H23NO2/c1-18(2,3)16(11-12-20)19-17(21)15-10-6-8-13-7-4-5-9-14(13)15/h4-10,16,20H,11-12H2,1-3H3,(H,19,21). The molecule has 3 heteroatoms. The van der Waals surface area contributed by atoms with Crippen molar-refractivity contribution in [3.8, 4) is 0 Å². The number of aliphatic hydroxyl groups excluding tert-OH is 1. The summed E-state index contributed by atoms with van der Waals surface area (Å²) in [6, 6.07) is 13.5. The van der Waals surface area contributed by atoms with E-state index in [1.165, 1.54) is 0 Å². The number of fused-ring (bicyclic) bond motifs is 1. The van der Waals surface area contributed by atoms with Gasteiger partial charge in [0.15, 0.2) is 0 Å². The van der Waals surface area contributed by atoms with Gasteiger partial charge in [-0.05, 0) is 28.7 Å². The van der Waals surface area contributed by atoms with Crippen molar-refractivity contribution in [3.05, 3.63) is 48.0 Å². The van der Waals surface area contributed by atoms with Crippen LogP contribution < -0.4 is 5.32 Å². The Hall–Kier alpha value is -1.87. The first-order valence-corrected chi connectivity index (χ1v) is 7.33. The van der Waals surface area contributed by atoms with E-state index in [1.54, 1.807) is 0 Å². The molecule has 112 valence electrons. The highest BCUT2D eigenvalue weighted by Gasteiger charge is 2.26. The molecule has 0 saturated carbocycles. The Bertz CT molecular complexity index is 623. The van der Waals surface area contributed by atoms with E-state index in [1.807, 2.05) is 42.5 Å². The van der Waals surface area contributed by atoms with E-state index in [2.05, 4.69) is 26.1 Å². The maximum atomic E-state index is 12.6. The Morgan fingerprint density at radius 3 is 2.48 bits per heavy atom. The van der Waals surface area contributed by atoms with Crippen LogP contribution in [0, 0.1) is 5.41 Å². The molecule has 3 nitrogen and oxygen atoms in total. The van der Waals surface area contributed by atoms with Gasteiger partial charge in [-0.2, -0.15) is 0 Å². The second kappa shape index (κ2) is 6.27. The van der Waals surface area contributed by atoms with E-state index in [4.69, 9.17) is 0 Å². The second-order valence-corrected chi connectivity index (χ2v) is 6.43. The largest absolute Gasteiger partial charge is 0.396 e. The number of hydrogen-bond donors (Lipinski definition) is 2. The van der Waals surface area contributed by atoms with Crippen LogP contribution in [-0.2, 0) is 0 Å². The smallest absolute Gasteiger partial charge is 0.252 e. The van der Waals surface area contributed by atoms with Crippen molar-refractivity contribution in [3.63, 3.8) is 0 Å². The van der Waals surface area contributed by atoms with E-state index in [-0.39, 0.29) is 24.0 Å². The van der Waals surface area contributed by atoms with Crippen molar-refractivity contribution in [1.29, 1.82) is 0 Å². The van der Waals surface area contributed by atoms with Crippen molar-refractivity contribution < 1.29 is 9.90 Å². The predicted molar refractivity (Wildman–Crippen MR) is 86.4 cm³/mol. The van der Waals surface area contributed by atoms with Crippen LogP contribution >= 0.6 is 0 Å². The lowest BCUT2D eigenvalue weighted by atomic mass is 9.84. The quantitative estimate of drug-likeness (QED) is 0.905. The lowest BCUT2D eigenvalue weighted by Gasteiger charge is -2.31. The zero-order valence-corrected chi connectivity index (χ0v) is 12.9. The van der Waals surface area contributed by atoms with Crippen LogP contribution in [-0.4, -0.2) is 23.7 Å². The second-order valence-electron chi connectivity index (χ2n) is 6.43. The number of amides is 1. The Morgan fingerprint density at radius 2 is 1.81 bits per heavy atom. The summed E-state index contributed by atoms with van der Waals surface area (Å²) in [5.74, 6) is -0.0832. The van der Waals surface area contributed by atoms with Crippen molar-refractivity contribution in [1.82, 2.24) is 5.32 Å². The summed E-state index contributed by atoms with van der Waals surface area (Å²) in [5.41, 5.74) is 0.587. The fraction of sp³-hybridized carbons (Fsp3) is 0.389. The molecule has 0 bridgehead atoms. The molecule has 0 aliphatic heterocycles. The van der Waals surface area contributed by atoms with Crippen molar-refractivity contribution in [2.75, 3.05) is 6.61 Å². The minimum Gasteiger partial charge on any atom is -0.396 e. The molecule has 0 aliphatic rings. The highest BCUT2D eigenvalue weighted by atomic mass is 16.3. The third-order valence-corrected chi connectivity index (χ3v) is 3.80. The molecule has 0 heterocycles. The first kappa shape index (κ1) is 15.5. The summed E-state index contributed by atoms with van der Waals surface area (Å²) < 4.78 is 0. The summed E-state index contributed by atoms with van der Waals surface area (Å²) in [4.78, 5) is 12.6. The van der Waals surface area contributed by atoms with Gasteiger partial charge in [0.2, 0.25) is 0 Å². The minimum absolute atomic E-state index is 0.0611. The Morgan fingerprint density at radius 1 is 1.14 bits per heavy atom. The molecule has 1 unspecified atom stereocenters. The summed E-state index contributed by atoms with van der Waals surface area (Å²) >= 11 is 0. The van der Waals surface area contributed by atoms with Gasteiger partial charge in [0.1, 0.15) is 0 Å². The molecule has 2 N–H and O–H groups in total. The van der Waals surface area contributed by atoms with Crippen LogP contribution in [0.1, 0.15) is 37.6 Å². The average Bonchev–Trinajstić information content (AvgIpc) is 2.45. The van der Waals surface area contributed by atoms with Crippen molar-refractivity contribution in [2.45, 2.75) is 33.2 Å². The molecule has 2 aromatic carbocycles. The van der Waals surface area contributed by atoms with Crippen molar-refractivity contribution in [2.24, 2.45) is 5.41 Å². The van der Waals surface area contributed by atoms with Crippen LogP contribution in [0.3, 0.4) is 0 Å². The molecule has 1 amide bonds. The molecule has 0 radical (unpaired) electrons. The third kappa shape index (κ3) is 3.61. The van der Waals surface area contributed by atoms with E-state index in [0.29, 0.717) is 12.0 Å². The maximum absolute atomic E-state index is 12.6. The fourth-order valence-corrected chi connectivity index (χ4v) is 2.51. The molecule has 1 atom stereocenters. The van der Waals surface area contributed by atoms with Gasteiger partial charge in [-0.15, -0.1) is 0 Å². The van der Waals surface area contributed by atoms with Gasteiger partial charge in [-0.3, -0.25) is 4.79 Å². The number of carbonyl (C=O) groups excluding carboxylic acids is 1. The van der Waals surface area contributed by atoms with Gasteiger partial charge in [0, 0.05) is 18.2 Å². The number of carbonyl (C=O) groups is 1. The first-order valence-electron chi connectivity index (χ1n) is 7.33. The van der Waals surface area contributed by atoms with Gasteiger partial charge in [0.05, 0.1) is 0 Å². The lowest BCUT2D eigenvalue weighted by molar-refractivity contribution is 0.0887. The molecule has 0 aromatic heterocycles. The topological polar surface area (TPSA) is 49.3 Å². The lowest BCUT2D eigenvalue weighted by Crippen LogP contribution is -2.44. The molecule has 0 aliphatic carbocycles. The molecule has 0 saturated heterocycles. The summed E-state index contributed by atoms with van der Waals surface area (Å²) in [5, 5.41) is 14.3. The summed E-state index contributed by atoms with van der Waals surface area (Å²) in [6.07, 6.45) is 0.556. The van der Waals surface area contributed by atoms with E-state index >= 15 is 0 Å². The summed E-state index contributed by atoms with van der Waals surface area (Å²) in [6.45, 7) is 6.27. The minimum atomic E-state index is -0.0943. The van der Waals surface area contributed by atoms with Gasteiger partial charge >= 0.3 is 0 Å². The van der Waals surface area contributed by atoms with Gasteiger partial charge < -0.3 is 10.4 Å². The zero-order valence-electron chi connectivity index (χ0n) is 12.9. The van der Waals surface area contributed by atoms with Gasteiger partial charge in [-0.1, -0.05) is 57.2 Å². The SMILES string of the molecule is CC(C)(C)C(CCO)NC(=O)c1cccc2ccccc12. The van der Waals surface area contributed by atoms with Crippen LogP contribution in [0.4, 0.5) is 0 Å². The molecule has 21 heavy (non-hydrogen) atoms. The maximum Gasteiger partial charge on any atom is 0.252 e. The zero-order chi connectivity index (χ0) is 15.5. The highest BCUT2D eigenvalue weighted by molar-refractivity contribution is 6.07. The fourth-order valence-electron chi connectivity index (χ4n) is 2.51. The van der Waals surface area contributed by atoms with E-state index in [0.717, 1.165) is 10.8 Å². The Balaban J connectivity index is 2.30. The number of hydrogen-bond acceptors (Lipinski definition) is 2. The van der Waals surface area contributed by atoms with Gasteiger partial charge in [-0.25, -0.2) is 0 Å². The van der Waals surface area contributed by atoms with Gasteiger partial charge in [0.25, 0.3) is 5.91 Å². The average molecular weight is 285 g/mol. The molecule has 0 spiro atoms. The summed E-state index contributed by atoms with van der Waals surface area (Å²) in [7, 11) is 0. The Labute approximate surface area is 126 Å². The van der Waals surface area contributed by atoms with E-state index < -0.39 is 0 Å². The normalized spacial score (nSPS) is 13.1. The molecular formula is C18H23NO2. The third-order valence-electron chi connectivity index (χ3n) is 3.80. The van der Waals surface area contributed by atoms with Crippen LogP contribution in [0.2, 0.25) is 0 Å².